The predicted octanol–water partition coefficient (Wildman–Crippen LogP) is -0.322. The number of nitro groups is 1. The van der Waals surface area contributed by atoms with Gasteiger partial charge in [0.15, 0.2) is 0 Å². The number of sulfonamides is 1. The second-order valence-corrected chi connectivity index (χ2v) is 6.09. The molecule has 0 bridgehead atoms. The molecule has 1 aromatic carbocycles. The topological polar surface area (TPSA) is 135 Å². The Kier molecular flexibility index (Phi) is 4.00. The lowest BCUT2D eigenvalue weighted by Crippen LogP contribution is -2.52. The average molecular weight is 313 g/mol. The summed E-state index contributed by atoms with van der Waals surface area (Å²) in [4.78, 5) is 32.2. The highest BCUT2D eigenvalue weighted by molar-refractivity contribution is 7.89. The van der Waals surface area contributed by atoms with Crippen molar-refractivity contribution < 1.29 is 22.9 Å². The van der Waals surface area contributed by atoms with Gasteiger partial charge in [-0.05, 0) is 18.6 Å². The molecule has 0 aromatic heterocycles. The van der Waals surface area contributed by atoms with E-state index in [4.69, 9.17) is 0 Å². The van der Waals surface area contributed by atoms with Gasteiger partial charge >= 0.3 is 0 Å². The van der Waals surface area contributed by atoms with E-state index < -0.39 is 32.8 Å². The Bertz CT molecular complexity index is 697. The Balaban J connectivity index is 2.16. The van der Waals surface area contributed by atoms with Crippen molar-refractivity contribution in [2.45, 2.75) is 23.8 Å². The van der Waals surface area contributed by atoms with Crippen molar-refractivity contribution in [1.29, 1.82) is 0 Å². The molecule has 2 amide bonds. The summed E-state index contributed by atoms with van der Waals surface area (Å²) in [6.45, 7) is 0. The van der Waals surface area contributed by atoms with Crippen LogP contribution >= 0.6 is 0 Å². The maximum absolute atomic E-state index is 12.1. The van der Waals surface area contributed by atoms with E-state index in [0.717, 1.165) is 24.3 Å². The van der Waals surface area contributed by atoms with E-state index in [1.54, 1.807) is 0 Å². The van der Waals surface area contributed by atoms with Crippen LogP contribution in [0.2, 0.25) is 0 Å². The summed E-state index contributed by atoms with van der Waals surface area (Å²) in [5.74, 6) is -1.16. The maximum atomic E-state index is 12.1. The van der Waals surface area contributed by atoms with Crippen molar-refractivity contribution in [2.75, 3.05) is 0 Å². The molecule has 0 spiro atoms. The van der Waals surface area contributed by atoms with Crippen molar-refractivity contribution in [3.63, 3.8) is 0 Å². The minimum atomic E-state index is -4.00. The van der Waals surface area contributed by atoms with Gasteiger partial charge in [-0.3, -0.25) is 25.0 Å². The van der Waals surface area contributed by atoms with Crippen LogP contribution in [-0.2, 0) is 19.6 Å². The van der Waals surface area contributed by atoms with Crippen LogP contribution in [0.25, 0.3) is 0 Å². The molecule has 112 valence electrons. The van der Waals surface area contributed by atoms with Crippen molar-refractivity contribution >= 4 is 27.5 Å². The normalized spacial score (nSPS) is 19.1. The number of hydrogen-bond acceptors (Lipinski definition) is 6. The standard InChI is InChI=1S/C11H11N3O6S/c15-10-6-5-9(11(16)12-10)13-21(19,20)8-3-1-7(2-4-8)14(17)18/h1-4,9,13H,5-6H2,(H,12,15,16). The molecule has 21 heavy (non-hydrogen) atoms. The number of hydrogen-bond donors (Lipinski definition) is 2. The molecule has 9 nitrogen and oxygen atoms in total. The van der Waals surface area contributed by atoms with Gasteiger partial charge in [0.1, 0.15) is 6.04 Å². The number of amides is 2. The molecule has 0 radical (unpaired) electrons. The number of piperidine rings is 1. The number of nitrogens with zero attached hydrogens (tertiary/aromatic N) is 1. The molecule has 0 saturated carbocycles. The molecule has 1 aromatic rings. The molecule has 10 heteroatoms. The fraction of sp³-hybridized carbons (Fsp3) is 0.273. The first kappa shape index (κ1) is 15.1. The number of carbonyl (C=O) groups excluding carboxylic acids is 2. The van der Waals surface area contributed by atoms with E-state index in [9.17, 15) is 28.1 Å². The Labute approximate surface area is 119 Å². The summed E-state index contributed by atoms with van der Waals surface area (Å²) in [6, 6.07) is 3.22. The number of imide groups is 1. The van der Waals surface area contributed by atoms with Crippen molar-refractivity contribution in [1.82, 2.24) is 10.0 Å². The lowest BCUT2D eigenvalue weighted by atomic mass is 10.1. The van der Waals surface area contributed by atoms with Crippen molar-refractivity contribution in [2.24, 2.45) is 0 Å². The Morgan fingerprint density at radius 2 is 1.86 bits per heavy atom. The monoisotopic (exact) mass is 313 g/mol. The fourth-order valence-electron chi connectivity index (χ4n) is 1.81. The summed E-state index contributed by atoms with van der Waals surface area (Å²) in [6.07, 6.45) is 0.107. The molecule has 2 rings (SSSR count). The van der Waals surface area contributed by atoms with E-state index in [0.29, 0.717) is 0 Å². The highest BCUT2D eigenvalue weighted by atomic mass is 32.2. The van der Waals surface area contributed by atoms with Gasteiger partial charge < -0.3 is 0 Å². The van der Waals surface area contributed by atoms with Gasteiger partial charge in [-0.1, -0.05) is 0 Å². The zero-order valence-electron chi connectivity index (χ0n) is 10.6. The predicted molar refractivity (Wildman–Crippen MR) is 69.6 cm³/mol. The molecular weight excluding hydrogens is 302 g/mol. The summed E-state index contributed by atoms with van der Waals surface area (Å²) < 4.78 is 26.3. The van der Waals surface area contributed by atoms with Crippen LogP contribution in [0.15, 0.2) is 29.2 Å². The number of rotatable bonds is 4. The molecule has 1 fully saturated rings. The van der Waals surface area contributed by atoms with Crippen LogP contribution in [0.4, 0.5) is 5.69 Å². The zero-order chi connectivity index (χ0) is 15.6. The zero-order valence-corrected chi connectivity index (χ0v) is 11.4. The molecule has 0 aliphatic carbocycles. The van der Waals surface area contributed by atoms with Gasteiger partial charge in [0.25, 0.3) is 5.69 Å². The maximum Gasteiger partial charge on any atom is 0.269 e. The molecular formula is C11H11N3O6S. The second kappa shape index (κ2) is 5.58. The molecule has 1 aliphatic heterocycles. The second-order valence-electron chi connectivity index (χ2n) is 4.38. The highest BCUT2D eigenvalue weighted by Crippen LogP contribution is 2.17. The molecule has 1 saturated heterocycles. The third kappa shape index (κ3) is 3.41. The first-order valence-corrected chi connectivity index (χ1v) is 7.38. The minimum Gasteiger partial charge on any atom is -0.295 e. The lowest BCUT2D eigenvalue weighted by molar-refractivity contribution is -0.384. The number of nitro benzene ring substituents is 1. The summed E-state index contributed by atoms with van der Waals surface area (Å²) in [5, 5.41) is 12.5. The molecule has 1 unspecified atom stereocenters. The molecule has 1 atom stereocenters. The molecule has 1 heterocycles. The van der Waals surface area contributed by atoms with Crippen LogP contribution in [-0.4, -0.2) is 31.2 Å². The average Bonchev–Trinajstić information content (AvgIpc) is 2.42. The third-order valence-corrected chi connectivity index (χ3v) is 4.38. The largest absolute Gasteiger partial charge is 0.295 e. The van der Waals surface area contributed by atoms with Crippen molar-refractivity contribution in [3.05, 3.63) is 34.4 Å². The Morgan fingerprint density at radius 1 is 1.24 bits per heavy atom. The molecule has 1 aliphatic rings. The Hall–Kier alpha value is -2.33. The van der Waals surface area contributed by atoms with Gasteiger partial charge in [-0.2, -0.15) is 4.72 Å². The number of carbonyl (C=O) groups is 2. The van der Waals surface area contributed by atoms with E-state index >= 15 is 0 Å². The van der Waals surface area contributed by atoms with E-state index in [1.165, 1.54) is 0 Å². The van der Waals surface area contributed by atoms with E-state index in [1.807, 2.05) is 5.32 Å². The quantitative estimate of drug-likeness (QED) is 0.444. The SMILES string of the molecule is O=C1CCC(NS(=O)(=O)c2ccc([N+](=O)[O-])cc2)C(=O)N1. The van der Waals surface area contributed by atoms with Crippen LogP contribution in [0.5, 0.6) is 0 Å². The van der Waals surface area contributed by atoms with Gasteiger partial charge in [0, 0.05) is 18.6 Å². The number of nitrogens with one attached hydrogen (secondary N) is 2. The summed E-state index contributed by atoms with van der Waals surface area (Å²) in [7, 11) is -4.00. The molecule has 2 N–H and O–H groups in total. The number of non-ortho nitro benzene ring substituents is 1. The lowest BCUT2D eigenvalue weighted by Gasteiger charge is -2.21. The van der Waals surface area contributed by atoms with Crippen LogP contribution < -0.4 is 10.0 Å². The summed E-state index contributed by atoms with van der Waals surface area (Å²) >= 11 is 0. The van der Waals surface area contributed by atoms with Crippen LogP contribution in [0.3, 0.4) is 0 Å². The van der Waals surface area contributed by atoms with Crippen LogP contribution in [0, 0.1) is 10.1 Å². The van der Waals surface area contributed by atoms with E-state index in [-0.39, 0.29) is 23.4 Å². The Morgan fingerprint density at radius 3 is 2.38 bits per heavy atom. The smallest absolute Gasteiger partial charge is 0.269 e. The van der Waals surface area contributed by atoms with Crippen molar-refractivity contribution in [3.8, 4) is 0 Å². The van der Waals surface area contributed by atoms with Crippen LogP contribution in [0.1, 0.15) is 12.8 Å². The van der Waals surface area contributed by atoms with Gasteiger partial charge in [-0.15, -0.1) is 0 Å². The number of benzene rings is 1. The first-order chi connectivity index (χ1) is 9.79. The van der Waals surface area contributed by atoms with Gasteiger partial charge in [0.05, 0.1) is 9.82 Å². The van der Waals surface area contributed by atoms with Gasteiger partial charge in [0.2, 0.25) is 21.8 Å². The third-order valence-electron chi connectivity index (χ3n) is 2.89. The van der Waals surface area contributed by atoms with E-state index in [2.05, 4.69) is 4.72 Å². The highest BCUT2D eigenvalue weighted by Gasteiger charge is 2.30. The summed E-state index contributed by atoms with van der Waals surface area (Å²) in [5.41, 5.74) is -0.241. The first-order valence-electron chi connectivity index (χ1n) is 5.90. The van der Waals surface area contributed by atoms with Gasteiger partial charge in [-0.25, -0.2) is 8.42 Å². The minimum absolute atomic E-state index is 0.0409. The fourth-order valence-corrected chi connectivity index (χ4v) is 3.04.